The molecule has 0 bridgehead atoms. The van der Waals surface area contributed by atoms with E-state index in [4.69, 9.17) is 0 Å². The van der Waals surface area contributed by atoms with Gasteiger partial charge in [-0.15, -0.1) is 0 Å². The first-order chi connectivity index (χ1) is 12.3. The molecule has 0 saturated carbocycles. The Morgan fingerprint density at radius 1 is 0.885 bits per heavy atom. The summed E-state index contributed by atoms with van der Waals surface area (Å²) in [5.74, 6) is -0.0113. The minimum atomic E-state index is -3.44. The van der Waals surface area contributed by atoms with Crippen LogP contribution >= 0.6 is 0 Å². The molecule has 2 aliphatic heterocycles. The van der Waals surface area contributed by atoms with Gasteiger partial charge in [-0.2, -0.15) is 17.0 Å². The molecule has 1 aromatic carbocycles. The van der Waals surface area contributed by atoms with Crippen LogP contribution in [-0.4, -0.2) is 92.1 Å². The molecule has 2 fully saturated rings. The van der Waals surface area contributed by atoms with Crippen LogP contribution in [0.2, 0.25) is 0 Å². The largest absolute Gasteiger partial charge is 0.336 e. The molecule has 2 saturated heterocycles. The fourth-order valence-electron chi connectivity index (χ4n) is 3.46. The molecule has 8 heteroatoms. The summed E-state index contributed by atoms with van der Waals surface area (Å²) < 4.78 is 28.7. The maximum absolute atomic E-state index is 12.8. The summed E-state index contributed by atoms with van der Waals surface area (Å²) in [6.45, 7) is 8.08. The number of rotatable bonds is 3. The number of likely N-dealkylation sites (N-methyl/N-ethyl adjacent to an activating group) is 1. The van der Waals surface area contributed by atoms with Crippen molar-refractivity contribution in [2.75, 3.05) is 59.4 Å². The average Bonchev–Trinajstić information content (AvgIpc) is 2.64. The Morgan fingerprint density at radius 2 is 1.42 bits per heavy atom. The molecule has 0 N–H and O–H groups in total. The standard InChI is InChI=1S/C18H28N4O3S/c1-15-5-4-6-17(16(15)2)18(23)20-9-13-22(14-10-20)26(24,25)21-11-7-19(3)8-12-21/h4-6H,7-14H2,1-3H3. The molecule has 0 aromatic heterocycles. The minimum Gasteiger partial charge on any atom is -0.336 e. The number of piperazine rings is 2. The monoisotopic (exact) mass is 380 g/mol. The lowest BCUT2D eigenvalue weighted by atomic mass is 10.0. The van der Waals surface area contributed by atoms with Crippen LogP contribution in [0, 0.1) is 13.8 Å². The Bertz CT molecular complexity index is 765. The number of hydrogen-bond acceptors (Lipinski definition) is 4. The zero-order valence-electron chi connectivity index (χ0n) is 15.8. The van der Waals surface area contributed by atoms with E-state index in [9.17, 15) is 13.2 Å². The van der Waals surface area contributed by atoms with Gasteiger partial charge in [-0.1, -0.05) is 12.1 Å². The first kappa shape index (κ1) is 19.3. The van der Waals surface area contributed by atoms with E-state index in [1.165, 1.54) is 4.31 Å². The highest BCUT2D eigenvalue weighted by Crippen LogP contribution is 2.18. The summed E-state index contributed by atoms with van der Waals surface area (Å²) in [5, 5.41) is 0. The number of hydrogen-bond donors (Lipinski definition) is 0. The van der Waals surface area contributed by atoms with Gasteiger partial charge in [0.05, 0.1) is 0 Å². The van der Waals surface area contributed by atoms with Crippen molar-refractivity contribution in [3.05, 3.63) is 34.9 Å². The van der Waals surface area contributed by atoms with E-state index in [0.717, 1.165) is 24.2 Å². The third-order valence-electron chi connectivity index (χ3n) is 5.48. The van der Waals surface area contributed by atoms with Crippen molar-refractivity contribution < 1.29 is 13.2 Å². The van der Waals surface area contributed by atoms with Crippen molar-refractivity contribution in [2.24, 2.45) is 0 Å². The summed E-state index contributed by atoms with van der Waals surface area (Å²) >= 11 is 0. The van der Waals surface area contributed by atoms with Crippen molar-refractivity contribution in [3.8, 4) is 0 Å². The van der Waals surface area contributed by atoms with E-state index in [0.29, 0.717) is 44.8 Å². The van der Waals surface area contributed by atoms with Crippen LogP contribution in [-0.2, 0) is 10.2 Å². The quantitative estimate of drug-likeness (QED) is 0.768. The topological polar surface area (TPSA) is 64.2 Å². The van der Waals surface area contributed by atoms with Crippen LogP contribution in [0.25, 0.3) is 0 Å². The molecular formula is C18H28N4O3S. The highest BCUT2D eigenvalue weighted by atomic mass is 32.2. The van der Waals surface area contributed by atoms with Gasteiger partial charge in [-0.3, -0.25) is 4.79 Å². The molecule has 1 aromatic rings. The van der Waals surface area contributed by atoms with Gasteiger partial charge in [0.2, 0.25) is 0 Å². The van der Waals surface area contributed by atoms with Crippen LogP contribution in [0.5, 0.6) is 0 Å². The third kappa shape index (κ3) is 3.78. The zero-order valence-corrected chi connectivity index (χ0v) is 16.6. The Hall–Kier alpha value is -1.48. The fraction of sp³-hybridized carbons (Fsp3) is 0.611. The van der Waals surface area contributed by atoms with Crippen molar-refractivity contribution in [1.29, 1.82) is 0 Å². The summed E-state index contributed by atoms with van der Waals surface area (Å²) in [6, 6.07) is 5.73. The third-order valence-corrected chi connectivity index (χ3v) is 7.51. The maximum atomic E-state index is 12.8. The van der Waals surface area contributed by atoms with Gasteiger partial charge >= 0.3 is 0 Å². The average molecular weight is 381 g/mol. The van der Waals surface area contributed by atoms with Crippen LogP contribution in [0.1, 0.15) is 21.5 Å². The SMILES string of the molecule is Cc1cccc(C(=O)N2CCN(S(=O)(=O)N3CCN(C)CC3)CC2)c1C. The van der Waals surface area contributed by atoms with Gasteiger partial charge in [-0.25, -0.2) is 0 Å². The molecular weight excluding hydrogens is 352 g/mol. The second-order valence-electron chi connectivity index (χ2n) is 7.15. The zero-order chi connectivity index (χ0) is 18.9. The molecule has 0 spiro atoms. The Morgan fingerprint density at radius 3 is 2.00 bits per heavy atom. The summed E-state index contributed by atoms with van der Waals surface area (Å²) in [5.41, 5.74) is 2.79. The van der Waals surface area contributed by atoms with Crippen LogP contribution in [0.4, 0.5) is 0 Å². The molecule has 7 nitrogen and oxygen atoms in total. The summed E-state index contributed by atoms with van der Waals surface area (Å²) in [7, 11) is -1.43. The second-order valence-corrected chi connectivity index (χ2v) is 9.08. The van der Waals surface area contributed by atoms with Gasteiger partial charge in [-0.05, 0) is 38.1 Å². The molecule has 0 aliphatic carbocycles. The highest BCUT2D eigenvalue weighted by Gasteiger charge is 2.35. The van der Waals surface area contributed by atoms with E-state index >= 15 is 0 Å². The molecule has 0 atom stereocenters. The lowest BCUT2D eigenvalue weighted by Gasteiger charge is -2.39. The van der Waals surface area contributed by atoms with Crippen LogP contribution in [0.3, 0.4) is 0 Å². The lowest BCUT2D eigenvalue weighted by Crippen LogP contribution is -2.57. The molecule has 3 rings (SSSR count). The molecule has 2 heterocycles. The maximum Gasteiger partial charge on any atom is 0.282 e. The Labute approximate surface area is 156 Å². The summed E-state index contributed by atoms with van der Waals surface area (Å²) in [4.78, 5) is 16.7. The van der Waals surface area contributed by atoms with Gasteiger partial charge < -0.3 is 9.80 Å². The lowest BCUT2D eigenvalue weighted by molar-refractivity contribution is 0.0691. The normalized spacial score (nSPS) is 21.1. The molecule has 26 heavy (non-hydrogen) atoms. The van der Waals surface area contributed by atoms with Crippen LogP contribution in [0.15, 0.2) is 18.2 Å². The fourth-order valence-corrected chi connectivity index (χ4v) is 5.03. The van der Waals surface area contributed by atoms with E-state index in [-0.39, 0.29) is 5.91 Å². The predicted octanol–water partition coefficient (Wildman–Crippen LogP) is 0.553. The Kier molecular flexibility index (Phi) is 5.67. The van der Waals surface area contributed by atoms with Crippen molar-refractivity contribution in [1.82, 2.24) is 18.4 Å². The molecule has 0 unspecified atom stereocenters. The molecule has 144 valence electrons. The van der Waals surface area contributed by atoms with E-state index < -0.39 is 10.2 Å². The van der Waals surface area contributed by atoms with E-state index in [1.807, 2.05) is 39.1 Å². The number of aryl methyl sites for hydroxylation is 1. The number of amides is 1. The van der Waals surface area contributed by atoms with Gasteiger partial charge in [0, 0.05) is 57.9 Å². The number of benzene rings is 1. The second kappa shape index (κ2) is 7.64. The highest BCUT2D eigenvalue weighted by molar-refractivity contribution is 7.86. The Balaban J connectivity index is 1.63. The van der Waals surface area contributed by atoms with E-state index in [2.05, 4.69) is 4.90 Å². The first-order valence-electron chi connectivity index (χ1n) is 9.10. The number of carbonyl (C=O) groups is 1. The minimum absolute atomic E-state index is 0.0113. The van der Waals surface area contributed by atoms with E-state index in [1.54, 1.807) is 9.21 Å². The van der Waals surface area contributed by atoms with Crippen LogP contribution < -0.4 is 0 Å². The number of nitrogens with zero attached hydrogens (tertiary/aromatic N) is 4. The van der Waals surface area contributed by atoms with Gasteiger partial charge in [0.15, 0.2) is 0 Å². The molecule has 0 radical (unpaired) electrons. The molecule has 2 aliphatic rings. The smallest absolute Gasteiger partial charge is 0.282 e. The summed E-state index contributed by atoms with van der Waals surface area (Å²) in [6.07, 6.45) is 0. The molecule has 1 amide bonds. The van der Waals surface area contributed by atoms with Gasteiger partial charge in [0.25, 0.3) is 16.1 Å². The van der Waals surface area contributed by atoms with Crippen molar-refractivity contribution in [2.45, 2.75) is 13.8 Å². The predicted molar refractivity (Wildman–Crippen MR) is 101 cm³/mol. The van der Waals surface area contributed by atoms with Gasteiger partial charge in [0.1, 0.15) is 0 Å². The van der Waals surface area contributed by atoms with Crippen molar-refractivity contribution >= 4 is 16.1 Å². The van der Waals surface area contributed by atoms with Crippen molar-refractivity contribution in [3.63, 3.8) is 0 Å². The number of carbonyl (C=O) groups excluding carboxylic acids is 1. The first-order valence-corrected chi connectivity index (χ1v) is 10.5.